The second-order valence-corrected chi connectivity index (χ2v) is 6.58. The lowest BCUT2D eigenvalue weighted by Gasteiger charge is -2.14. The zero-order chi connectivity index (χ0) is 17.9. The van der Waals surface area contributed by atoms with Gasteiger partial charge < -0.3 is 10.0 Å². The summed E-state index contributed by atoms with van der Waals surface area (Å²) in [5.74, 6) is 0.842. The van der Waals surface area contributed by atoms with Crippen LogP contribution in [0.15, 0.2) is 36.9 Å². The zero-order valence-corrected chi connectivity index (χ0v) is 14.3. The van der Waals surface area contributed by atoms with Crippen LogP contribution in [0, 0.1) is 5.92 Å². The standard InChI is InChI=1S/C18H20N6O2/c25-8-4-15-10-20-18-21-16(22-24(18)12-15)17(26)23-7-3-14(11-23)9-13-1-5-19-6-2-13/h1-2,5-6,10,12,14,25H,3-4,7-9,11H2. The van der Waals surface area contributed by atoms with Crippen LogP contribution in [0.4, 0.5) is 0 Å². The number of hydrogen-bond acceptors (Lipinski definition) is 6. The van der Waals surface area contributed by atoms with Crippen molar-refractivity contribution in [1.29, 1.82) is 0 Å². The Hall–Kier alpha value is -2.87. The van der Waals surface area contributed by atoms with E-state index < -0.39 is 0 Å². The average Bonchev–Trinajstić information content (AvgIpc) is 3.29. The summed E-state index contributed by atoms with van der Waals surface area (Å²) >= 11 is 0. The monoisotopic (exact) mass is 352 g/mol. The molecule has 1 saturated heterocycles. The minimum atomic E-state index is -0.156. The number of fused-ring (bicyclic) bond motifs is 1. The summed E-state index contributed by atoms with van der Waals surface area (Å²) in [6, 6.07) is 4.04. The van der Waals surface area contributed by atoms with Gasteiger partial charge in [0.15, 0.2) is 0 Å². The molecule has 0 aliphatic carbocycles. The Balaban J connectivity index is 1.45. The second kappa shape index (κ2) is 7.17. The van der Waals surface area contributed by atoms with E-state index in [0.29, 0.717) is 31.2 Å². The van der Waals surface area contributed by atoms with Crippen molar-refractivity contribution >= 4 is 11.7 Å². The highest BCUT2D eigenvalue weighted by atomic mass is 16.3. The first-order valence-corrected chi connectivity index (χ1v) is 8.73. The molecule has 1 unspecified atom stereocenters. The van der Waals surface area contributed by atoms with Gasteiger partial charge in [0.25, 0.3) is 11.7 Å². The molecule has 1 N–H and O–H groups in total. The smallest absolute Gasteiger partial charge is 0.293 e. The van der Waals surface area contributed by atoms with E-state index in [-0.39, 0.29) is 18.3 Å². The van der Waals surface area contributed by atoms with E-state index >= 15 is 0 Å². The molecule has 1 aliphatic heterocycles. The molecule has 1 amide bonds. The Morgan fingerprint density at radius 3 is 2.92 bits per heavy atom. The molecule has 0 saturated carbocycles. The molecule has 4 heterocycles. The fraction of sp³-hybridized carbons (Fsp3) is 0.389. The zero-order valence-electron chi connectivity index (χ0n) is 14.3. The Morgan fingerprint density at radius 2 is 2.12 bits per heavy atom. The van der Waals surface area contributed by atoms with Crippen molar-refractivity contribution < 1.29 is 9.90 Å². The Kier molecular flexibility index (Phi) is 4.57. The topological polar surface area (TPSA) is 96.5 Å². The molecule has 0 spiro atoms. The summed E-state index contributed by atoms with van der Waals surface area (Å²) in [5, 5.41) is 13.3. The first kappa shape index (κ1) is 16.6. The van der Waals surface area contributed by atoms with Crippen LogP contribution in [-0.4, -0.2) is 60.2 Å². The van der Waals surface area contributed by atoms with Gasteiger partial charge in [-0.05, 0) is 48.4 Å². The number of amides is 1. The minimum Gasteiger partial charge on any atom is -0.396 e. The van der Waals surface area contributed by atoms with Crippen LogP contribution < -0.4 is 0 Å². The molecule has 3 aromatic rings. The van der Waals surface area contributed by atoms with Crippen LogP contribution in [0.25, 0.3) is 5.78 Å². The molecule has 3 aromatic heterocycles. The van der Waals surface area contributed by atoms with Crippen LogP contribution in [0.1, 0.15) is 28.2 Å². The van der Waals surface area contributed by atoms with Crippen molar-refractivity contribution in [1.82, 2.24) is 29.5 Å². The number of carbonyl (C=O) groups is 1. The van der Waals surface area contributed by atoms with E-state index in [4.69, 9.17) is 5.11 Å². The van der Waals surface area contributed by atoms with Crippen LogP contribution in [0.2, 0.25) is 0 Å². The van der Waals surface area contributed by atoms with Crippen molar-refractivity contribution in [2.45, 2.75) is 19.3 Å². The van der Waals surface area contributed by atoms with E-state index in [1.54, 1.807) is 24.8 Å². The third kappa shape index (κ3) is 3.41. The number of nitrogens with zero attached hydrogens (tertiary/aromatic N) is 6. The highest BCUT2D eigenvalue weighted by Crippen LogP contribution is 2.21. The summed E-state index contributed by atoms with van der Waals surface area (Å²) in [6.07, 6.45) is 9.40. The van der Waals surface area contributed by atoms with Crippen LogP contribution in [-0.2, 0) is 12.8 Å². The fourth-order valence-electron chi connectivity index (χ4n) is 3.35. The number of aliphatic hydroxyl groups is 1. The predicted octanol–water partition coefficient (Wildman–Crippen LogP) is 0.759. The molecule has 4 rings (SSSR count). The quantitative estimate of drug-likeness (QED) is 0.728. The molecular weight excluding hydrogens is 332 g/mol. The fourth-order valence-corrected chi connectivity index (χ4v) is 3.35. The first-order valence-electron chi connectivity index (χ1n) is 8.73. The van der Waals surface area contributed by atoms with Gasteiger partial charge >= 0.3 is 0 Å². The lowest BCUT2D eigenvalue weighted by Crippen LogP contribution is -2.29. The predicted molar refractivity (Wildman–Crippen MR) is 93.5 cm³/mol. The van der Waals surface area contributed by atoms with Gasteiger partial charge in [0.2, 0.25) is 5.82 Å². The number of carbonyl (C=O) groups excluding carboxylic acids is 1. The summed E-state index contributed by atoms with van der Waals surface area (Å²) in [4.78, 5) is 27.0. The van der Waals surface area contributed by atoms with Gasteiger partial charge in [0, 0.05) is 44.5 Å². The lowest BCUT2D eigenvalue weighted by atomic mass is 10.00. The first-order chi connectivity index (χ1) is 12.7. The lowest BCUT2D eigenvalue weighted by molar-refractivity contribution is 0.0775. The molecule has 134 valence electrons. The van der Waals surface area contributed by atoms with Gasteiger partial charge in [-0.1, -0.05) is 0 Å². The molecule has 0 bridgehead atoms. The van der Waals surface area contributed by atoms with Crippen LogP contribution in [0.5, 0.6) is 0 Å². The number of rotatable bonds is 5. The van der Waals surface area contributed by atoms with Gasteiger partial charge in [-0.25, -0.2) is 9.50 Å². The van der Waals surface area contributed by atoms with E-state index in [2.05, 4.69) is 20.1 Å². The molecule has 26 heavy (non-hydrogen) atoms. The van der Waals surface area contributed by atoms with Crippen LogP contribution >= 0.6 is 0 Å². The maximum Gasteiger partial charge on any atom is 0.293 e. The van der Waals surface area contributed by atoms with E-state index in [1.807, 2.05) is 17.0 Å². The van der Waals surface area contributed by atoms with Gasteiger partial charge in [-0.15, -0.1) is 5.10 Å². The number of pyridine rings is 1. The molecule has 0 radical (unpaired) electrons. The largest absolute Gasteiger partial charge is 0.396 e. The summed E-state index contributed by atoms with van der Waals surface area (Å²) in [7, 11) is 0. The SMILES string of the molecule is O=C(c1nc2ncc(CCO)cn2n1)N1CCC(Cc2ccncc2)C1. The van der Waals surface area contributed by atoms with E-state index in [9.17, 15) is 4.79 Å². The van der Waals surface area contributed by atoms with Crippen molar-refractivity contribution in [3.8, 4) is 0 Å². The van der Waals surface area contributed by atoms with Crippen molar-refractivity contribution in [3.05, 3.63) is 53.9 Å². The molecular formula is C18H20N6O2. The highest BCUT2D eigenvalue weighted by Gasteiger charge is 2.29. The molecule has 8 heteroatoms. The van der Waals surface area contributed by atoms with Gasteiger partial charge in [-0.2, -0.15) is 4.98 Å². The van der Waals surface area contributed by atoms with Crippen molar-refractivity contribution in [3.63, 3.8) is 0 Å². The molecule has 1 aliphatic rings. The van der Waals surface area contributed by atoms with Gasteiger partial charge in [-0.3, -0.25) is 9.78 Å². The summed E-state index contributed by atoms with van der Waals surface area (Å²) in [6.45, 7) is 1.47. The second-order valence-electron chi connectivity index (χ2n) is 6.58. The van der Waals surface area contributed by atoms with E-state index in [0.717, 1.165) is 18.4 Å². The average molecular weight is 352 g/mol. The Labute approximate surface area is 150 Å². The minimum absolute atomic E-state index is 0.0420. The van der Waals surface area contributed by atoms with Crippen molar-refractivity contribution in [2.24, 2.45) is 5.92 Å². The number of aliphatic hydroxyl groups excluding tert-OH is 1. The molecule has 1 fully saturated rings. The molecule has 0 aromatic carbocycles. The Morgan fingerprint density at radius 1 is 1.27 bits per heavy atom. The number of likely N-dealkylation sites (tertiary alicyclic amines) is 1. The maximum atomic E-state index is 12.7. The Bertz CT molecular complexity index is 910. The summed E-state index contributed by atoms with van der Waals surface area (Å²) < 4.78 is 1.50. The highest BCUT2D eigenvalue weighted by molar-refractivity contribution is 5.91. The van der Waals surface area contributed by atoms with Gasteiger partial charge in [0.1, 0.15) is 0 Å². The van der Waals surface area contributed by atoms with Gasteiger partial charge in [0.05, 0.1) is 0 Å². The summed E-state index contributed by atoms with van der Waals surface area (Å²) in [5.41, 5.74) is 2.09. The van der Waals surface area contributed by atoms with Crippen molar-refractivity contribution in [2.75, 3.05) is 19.7 Å². The van der Waals surface area contributed by atoms with E-state index in [1.165, 1.54) is 10.1 Å². The maximum absolute atomic E-state index is 12.7. The molecule has 8 nitrogen and oxygen atoms in total. The normalized spacial score (nSPS) is 17.1. The number of hydrogen-bond donors (Lipinski definition) is 1. The molecule has 1 atom stereocenters. The third-order valence-electron chi connectivity index (χ3n) is 4.69. The number of aromatic nitrogens is 5. The third-order valence-corrected chi connectivity index (χ3v) is 4.69. The van der Waals surface area contributed by atoms with Crippen LogP contribution in [0.3, 0.4) is 0 Å².